The van der Waals surface area contributed by atoms with Crippen molar-refractivity contribution in [3.8, 4) is 5.75 Å². The lowest BCUT2D eigenvalue weighted by molar-refractivity contribution is 0.102. The Bertz CT molecular complexity index is 529. The molecule has 19 heavy (non-hydrogen) atoms. The number of nitrogens with zero attached hydrogens (tertiary/aromatic N) is 2. The Morgan fingerprint density at radius 2 is 1.95 bits per heavy atom. The Kier molecular flexibility index (Phi) is 3.90. The first-order valence-electron chi connectivity index (χ1n) is 6.47. The fourth-order valence-corrected chi connectivity index (χ4v) is 2.05. The predicted octanol–water partition coefficient (Wildman–Crippen LogP) is 2.56. The molecule has 0 saturated heterocycles. The van der Waals surface area contributed by atoms with E-state index in [1.807, 2.05) is 35.1 Å². The summed E-state index contributed by atoms with van der Waals surface area (Å²) in [7, 11) is 1.63. The van der Waals surface area contributed by atoms with Crippen molar-refractivity contribution in [1.82, 2.24) is 9.78 Å². The van der Waals surface area contributed by atoms with Crippen LogP contribution in [-0.4, -0.2) is 22.0 Å². The second-order valence-electron chi connectivity index (χ2n) is 4.79. The highest BCUT2D eigenvalue weighted by Crippen LogP contribution is 2.29. The molecule has 102 valence electrons. The maximum Gasteiger partial charge on any atom is 0.118 e. The van der Waals surface area contributed by atoms with Crippen LogP contribution in [0, 0.1) is 0 Å². The molecular formula is C15H20N2O2. The van der Waals surface area contributed by atoms with Crippen molar-refractivity contribution in [2.24, 2.45) is 0 Å². The third-order valence-electron chi connectivity index (χ3n) is 3.30. The van der Waals surface area contributed by atoms with E-state index in [-0.39, 0.29) is 0 Å². The predicted molar refractivity (Wildman–Crippen MR) is 74.2 cm³/mol. The average Bonchev–Trinajstić information content (AvgIpc) is 2.89. The lowest BCUT2D eigenvalue weighted by Crippen LogP contribution is -2.22. The minimum absolute atomic E-state index is 0.779. The number of hydrogen-bond acceptors (Lipinski definition) is 3. The van der Waals surface area contributed by atoms with Crippen LogP contribution in [0.2, 0.25) is 0 Å². The van der Waals surface area contributed by atoms with Crippen molar-refractivity contribution in [2.75, 3.05) is 7.11 Å². The van der Waals surface area contributed by atoms with E-state index in [0.29, 0.717) is 0 Å². The van der Waals surface area contributed by atoms with E-state index >= 15 is 0 Å². The van der Waals surface area contributed by atoms with E-state index in [1.54, 1.807) is 20.2 Å². The zero-order chi connectivity index (χ0) is 13.9. The van der Waals surface area contributed by atoms with Crippen molar-refractivity contribution in [2.45, 2.75) is 32.4 Å². The van der Waals surface area contributed by atoms with Gasteiger partial charge in [0.05, 0.1) is 13.3 Å². The number of ether oxygens (including phenoxy) is 1. The number of aryl methyl sites for hydroxylation is 1. The van der Waals surface area contributed by atoms with E-state index in [4.69, 9.17) is 4.74 Å². The Balaban J connectivity index is 2.28. The lowest BCUT2D eigenvalue weighted by atomic mass is 9.90. The number of aromatic nitrogens is 2. The van der Waals surface area contributed by atoms with Crippen LogP contribution in [0.3, 0.4) is 0 Å². The number of benzene rings is 1. The van der Waals surface area contributed by atoms with E-state index in [2.05, 4.69) is 12.0 Å². The van der Waals surface area contributed by atoms with Gasteiger partial charge < -0.3 is 9.84 Å². The van der Waals surface area contributed by atoms with Crippen LogP contribution >= 0.6 is 0 Å². The van der Waals surface area contributed by atoms with Gasteiger partial charge in [-0.15, -0.1) is 0 Å². The van der Waals surface area contributed by atoms with Crippen LogP contribution in [0.4, 0.5) is 0 Å². The van der Waals surface area contributed by atoms with Gasteiger partial charge >= 0.3 is 0 Å². The van der Waals surface area contributed by atoms with Gasteiger partial charge in [-0.2, -0.15) is 5.10 Å². The van der Waals surface area contributed by atoms with Crippen LogP contribution in [0.25, 0.3) is 0 Å². The van der Waals surface area contributed by atoms with Crippen LogP contribution in [0.5, 0.6) is 5.75 Å². The number of hydrogen-bond donors (Lipinski definition) is 1. The summed E-state index contributed by atoms with van der Waals surface area (Å²) in [5, 5.41) is 15.0. The molecule has 0 aliphatic heterocycles. The molecule has 0 radical (unpaired) electrons. The summed E-state index contributed by atoms with van der Waals surface area (Å²) in [6.45, 7) is 4.74. The highest BCUT2D eigenvalue weighted by molar-refractivity contribution is 5.36. The molecule has 0 amide bonds. The van der Waals surface area contributed by atoms with Crippen molar-refractivity contribution in [3.05, 3.63) is 47.8 Å². The van der Waals surface area contributed by atoms with E-state index < -0.39 is 5.60 Å². The molecule has 0 saturated carbocycles. The Hall–Kier alpha value is -1.81. The summed E-state index contributed by atoms with van der Waals surface area (Å²) in [5.74, 6) is 0.779. The van der Waals surface area contributed by atoms with Gasteiger partial charge in [0.15, 0.2) is 0 Å². The van der Waals surface area contributed by atoms with Gasteiger partial charge in [0.2, 0.25) is 0 Å². The average molecular weight is 260 g/mol. The van der Waals surface area contributed by atoms with Crippen molar-refractivity contribution in [1.29, 1.82) is 0 Å². The molecule has 0 bridgehead atoms. The summed E-state index contributed by atoms with van der Waals surface area (Å²) >= 11 is 0. The summed E-state index contributed by atoms with van der Waals surface area (Å²) in [5.41, 5.74) is 0.577. The second-order valence-corrected chi connectivity index (χ2v) is 4.79. The van der Waals surface area contributed by atoms with Gasteiger partial charge in [-0.1, -0.05) is 19.1 Å². The van der Waals surface area contributed by atoms with Gasteiger partial charge in [0.25, 0.3) is 0 Å². The van der Waals surface area contributed by atoms with E-state index in [1.165, 1.54) is 0 Å². The standard InChI is InChI=1S/C15H20N2O2/c1-4-9-17-11-13(10-16-17)15(2,18)12-5-7-14(19-3)8-6-12/h5-8,10-11,18H,4,9H2,1-3H3. The molecule has 1 unspecified atom stereocenters. The molecule has 1 N–H and O–H groups in total. The smallest absolute Gasteiger partial charge is 0.118 e. The maximum absolute atomic E-state index is 10.7. The van der Waals surface area contributed by atoms with Gasteiger partial charge in [0, 0.05) is 18.3 Å². The minimum atomic E-state index is -1.04. The Morgan fingerprint density at radius 3 is 2.53 bits per heavy atom. The first-order valence-corrected chi connectivity index (χ1v) is 6.47. The minimum Gasteiger partial charge on any atom is -0.497 e. The largest absolute Gasteiger partial charge is 0.497 e. The molecule has 1 heterocycles. The molecule has 0 aliphatic carbocycles. The summed E-state index contributed by atoms with van der Waals surface area (Å²) in [6, 6.07) is 7.44. The summed E-state index contributed by atoms with van der Waals surface area (Å²) < 4.78 is 6.98. The molecule has 0 aliphatic rings. The third-order valence-corrected chi connectivity index (χ3v) is 3.30. The molecule has 4 heteroatoms. The van der Waals surface area contributed by atoms with Gasteiger partial charge in [-0.05, 0) is 31.0 Å². The van der Waals surface area contributed by atoms with Gasteiger partial charge in [-0.25, -0.2) is 0 Å². The molecule has 1 aromatic carbocycles. The Morgan fingerprint density at radius 1 is 1.26 bits per heavy atom. The molecule has 4 nitrogen and oxygen atoms in total. The highest BCUT2D eigenvalue weighted by Gasteiger charge is 2.27. The zero-order valence-corrected chi connectivity index (χ0v) is 11.6. The van der Waals surface area contributed by atoms with Crippen LogP contribution in [0.15, 0.2) is 36.7 Å². The molecule has 2 rings (SSSR count). The quantitative estimate of drug-likeness (QED) is 0.898. The normalized spacial score (nSPS) is 14.1. The van der Waals surface area contributed by atoms with Gasteiger partial charge in [-0.3, -0.25) is 4.68 Å². The Labute approximate surface area is 113 Å². The van der Waals surface area contributed by atoms with E-state index in [9.17, 15) is 5.11 Å². The molecule has 0 spiro atoms. The van der Waals surface area contributed by atoms with Crippen molar-refractivity contribution < 1.29 is 9.84 Å². The first-order chi connectivity index (χ1) is 9.07. The SMILES string of the molecule is CCCn1cc(C(C)(O)c2ccc(OC)cc2)cn1. The summed E-state index contributed by atoms with van der Waals surface area (Å²) in [6.07, 6.45) is 4.64. The third kappa shape index (κ3) is 2.79. The van der Waals surface area contributed by atoms with Crippen molar-refractivity contribution in [3.63, 3.8) is 0 Å². The van der Waals surface area contributed by atoms with Crippen molar-refractivity contribution >= 4 is 0 Å². The fourth-order valence-electron chi connectivity index (χ4n) is 2.05. The number of aliphatic hydroxyl groups is 1. The maximum atomic E-state index is 10.7. The van der Waals surface area contributed by atoms with E-state index in [0.717, 1.165) is 29.8 Å². The molecule has 0 fully saturated rings. The van der Waals surface area contributed by atoms with Gasteiger partial charge in [0.1, 0.15) is 11.4 Å². The van der Waals surface area contributed by atoms with Crippen LogP contribution < -0.4 is 4.74 Å². The molecule has 1 atom stereocenters. The summed E-state index contributed by atoms with van der Waals surface area (Å²) in [4.78, 5) is 0. The molecule has 1 aromatic heterocycles. The molecular weight excluding hydrogens is 240 g/mol. The lowest BCUT2D eigenvalue weighted by Gasteiger charge is -2.22. The first kappa shape index (κ1) is 13.6. The number of methoxy groups -OCH3 is 1. The monoisotopic (exact) mass is 260 g/mol. The highest BCUT2D eigenvalue weighted by atomic mass is 16.5. The molecule has 2 aromatic rings. The topological polar surface area (TPSA) is 47.3 Å². The number of rotatable bonds is 5. The van der Waals surface area contributed by atoms with Crippen LogP contribution in [0.1, 0.15) is 31.4 Å². The second kappa shape index (κ2) is 5.45. The van der Waals surface area contributed by atoms with Crippen LogP contribution in [-0.2, 0) is 12.1 Å². The zero-order valence-electron chi connectivity index (χ0n) is 11.6. The fraction of sp³-hybridized carbons (Fsp3) is 0.400.